The van der Waals surface area contributed by atoms with Crippen LogP contribution < -0.4 is 0 Å². The molecule has 8 nitrogen and oxygen atoms in total. The first-order chi connectivity index (χ1) is 9.73. The Morgan fingerprint density at radius 1 is 1.38 bits per heavy atom. The van der Waals surface area contributed by atoms with Gasteiger partial charge in [-0.15, -0.1) is 0 Å². The number of hydrogen-bond acceptors (Lipinski definition) is 4. The van der Waals surface area contributed by atoms with E-state index >= 15 is 0 Å². The van der Waals surface area contributed by atoms with Crippen molar-refractivity contribution in [2.45, 2.75) is 30.7 Å². The summed E-state index contributed by atoms with van der Waals surface area (Å²) < 4.78 is 26.2. The van der Waals surface area contributed by atoms with Crippen LogP contribution in [0.15, 0.2) is 17.2 Å². The molecule has 0 unspecified atom stereocenters. The topological polar surface area (TPSA) is 128 Å². The number of hydrogen-bond donors (Lipinski definition) is 3. The van der Waals surface area contributed by atoms with Crippen LogP contribution in [0.5, 0.6) is 0 Å². The fourth-order valence-electron chi connectivity index (χ4n) is 2.51. The van der Waals surface area contributed by atoms with Crippen LogP contribution >= 0.6 is 0 Å². The van der Waals surface area contributed by atoms with E-state index in [1.807, 2.05) is 0 Å². The van der Waals surface area contributed by atoms with Gasteiger partial charge in [-0.25, -0.2) is 13.2 Å². The quantitative estimate of drug-likeness (QED) is 0.745. The number of sulfonamides is 1. The van der Waals surface area contributed by atoms with E-state index in [-0.39, 0.29) is 30.0 Å². The van der Waals surface area contributed by atoms with E-state index in [1.54, 1.807) is 6.92 Å². The van der Waals surface area contributed by atoms with E-state index in [4.69, 9.17) is 10.2 Å². The first-order valence-corrected chi connectivity index (χ1v) is 7.84. The second-order valence-corrected chi connectivity index (χ2v) is 6.97. The molecule has 2 rings (SSSR count). The van der Waals surface area contributed by atoms with Crippen molar-refractivity contribution in [3.63, 3.8) is 0 Å². The largest absolute Gasteiger partial charge is 0.481 e. The number of aliphatic carboxylic acids is 1. The molecule has 0 aromatic carbocycles. The predicted molar refractivity (Wildman–Crippen MR) is 71.5 cm³/mol. The summed E-state index contributed by atoms with van der Waals surface area (Å²) in [6, 6.07) is 0.612. The Kier molecular flexibility index (Phi) is 4.06. The molecule has 0 spiro atoms. The van der Waals surface area contributed by atoms with E-state index < -0.39 is 33.9 Å². The molecule has 0 amide bonds. The highest BCUT2D eigenvalue weighted by Gasteiger charge is 2.37. The van der Waals surface area contributed by atoms with Gasteiger partial charge >= 0.3 is 11.9 Å². The van der Waals surface area contributed by atoms with Crippen molar-refractivity contribution in [3.05, 3.63) is 18.0 Å². The Hall–Kier alpha value is -1.87. The van der Waals surface area contributed by atoms with Crippen LogP contribution in [0.1, 0.15) is 30.3 Å². The number of nitrogens with zero attached hydrogens (tertiary/aromatic N) is 1. The third kappa shape index (κ3) is 2.93. The van der Waals surface area contributed by atoms with Crippen LogP contribution in [0.4, 0.5) is 0 Å². The minimum absolute atomic E-state index is 0.105. The van der Waals surface area contributed by atoms with Crippen LogP contribution in [0.25, 0.3) is 0 Å². The van der Waals surface area contributed by atoms with E-state index in [9.17, 15) is 18.0 Å². The number of aromatic carboxylic acids is 1. The molecule has 0 bridgehead atoms. The summed E-state index contributed by atoms with van der Waals surface area (Å²) in [5.74, 6) is -2.71. The maximum Gasteiger partial charge on any atom is 0.352 e. The lowest BCUT2D eigenvalue weighted by Crippen LogP contribution is -2.45. The van der Waals surface area contributed by atoms with Crippen molar-refractivity contribution in [1.29, 1.82) is 0 Å². The molecule has 116 valence electrons. The Labute approximate surface area is 121 Å². The molecule has 1 aromatic rings. The molecule has 0 saturated carbocycles. The molecule has 9 heteroatoms. The van der Waals surface area contributed by atoms with Gasteiger partial charge in [-0.3, -0.25) is 4.79 Å². The Morgan fingerprint density at radius 3 is 2.52 bits per heavy atom. The average Bonchev–Trinajstić information content (AvgIpc) is 2.88. The second kappa shape index (κ2) is 5.49. The Balaban J connectivity index is 2.23. The summed E-state index contributed by atoms with van der Waals surface area (Å²) in [5.41, 5.74) is -0.207. The maximum atomic E-state index is 12.5. The van der Waals surface area contributed by atoms with Crippen LogP contribution in [-0.4, -0.2) is 52.4 Å². The highest BCUT2D eigenvalue weighted by atomic mass is 32.2. The molecule has 0 radical (unpaired) electrons. The van der Waals surface area contributed by atoms with Crippen LogP contribution in [0, 0.1) is 5.92 Å². The summed E-state index contributed by atoms with van der Waals surface area (Å²) in [7, 11) is -3.83. The molecule has 1 aliphatic heterocycles. The lowest BCUT2D eigenvalue weighted by Gasteiger charge is -2.34. The van der Waals surface area contributed by atoms with Gasteiger partial charge in [-0.1, -0.05) is 0 Å². The summed E-state index contributed by atoms with van der Waals surface area (Å²) >= 11 is 0. The number of carboxylic acid groups (broad SMARTS) is 2. The van der Waals surface area contributed by atoms with Gasteiger partial charge in [0.15, 0.2) is 0 Å². The van der Waals surface area contributed by atoms with Gasteiger partial charge in [0.2, 0.25) is 10.0 Å². The van der Waals surface area contributed by atoms with Crippen molar-refractivity contribution < 1.29 is 28.2 Å². The van der Waals surface area contributed by atoms with Gasteiger partial charge in [0, 0.05) is 18.8 Å². The number of carboxylic acids is 2. The minimum Gasteiger partial charge on any atom is -0.481 e. The van der Waals surface area contributed by atoms with Gasteiger partial charge < -0.3 is 15.2 Å². The molecule has 1 aromatic heterocycles. The van der Waals surface area contributed by atoms with Gasteiger partial charge in [-0.05, 0) is 25.8 Å². The summed E-state index contributed by atoms with van der Waals surface area (Å²) in [5, 5.41) is 17.8. The Morgan fingerprint density at radius 2 is 2.05 bits per heavy atom. The third-order valence-corrected chi connectivity index (χ3v) is 5.65. The first kappa shape index (κ1) is 15.5. The smallest absolute Gasteiger partial charge is 0.352 e. The molecular weight excluding hydrogens is 300 g/mol. The van der Waals surface area contributed by atoms with Crippen LogP contribution in [0.3, 0.4) is 0 Å². The lowest BCUT2D eigenvalue weighted by atomic mass is 9.93. The SMILES string of the molecule is C[C@@H]1C[C@H](C(=O)O)CCN1S(=O)(=O)c1c[nH]c(C(=O)O)c1. The zero-order valence-corrected chi connectivity index (χ0v) is 12.1. The number of nitrogens with one attached hydrogen (secondary N) is 1. The maximum absolute atomic E-state index is 12.5. The summed E-state index contributed by atoms with van der Waals surface area (Å²) in [6.07, 6.45) is 1.62. The highest BCUT2D eigenvalue weighted by Crippen LogP contribution is 2.28. The van der Waals surface area contributed by atoms with E-state index in [0.29, 0.717) is 0 Å². The minimum atomic E-state index is -3.83. The fourth-order valence-corrected chi connectivity index (χ4v) is 4.17. The van der Waals surface area contributed by atoms with Gasteiger partial charge in [0.05, 0.1) is 5.92 Å². The van der Waals surface area contributed by atoms with Crippen molar-refractivity contribution >= 4 is 22.0 Å². The van der Waals surface area contributed by atoms with E-state index in [1.165, 1.54) is 4.31 Å². The molecular formula is C12H16N2O6S. The molecule has 2 heterocycles. The van der Waals surface area contributed by atoms with Crippen LogP contribution in [0.2, 0.25) is 0 Å². The number of aromatic amines is 1. The number of carbonyl (C=O) groups is 2. The predicted octanol–water partition coefficient (Wildman–Crippen LogP) is 0.587. The number of aromatic nitrogens is 1. The highest BCUT2D eigenvalue weighted by molar-refractivity contribution is 7.89. The summed E-state index contributed by atoms with van der Waals surface area (Å²) in [4.78, 5) is 24.0. The second-order valence-electron chi connectivity index (χ2n) is 5.08. The van der Waals surface area contributed by atoms with Gasteiger partial charge in [0.25, 0.3) is 0 Å². The van der Waals surface area contributed by atoms with E-state index in [2.05, 4.69) is 4.98 Å². The molecule has 2 atom stereocenters. The number of H-pyrrole nitrogens is 1. The third-order valence-electron chi connectivity index (χ3n) is 3.66. The molecule has 1 saturated heterocycles. The number of piperidine rings is 1. The van der Waals surface area contributed by atoms with Crippen LogP contribution in [-0.2, 0) is 14.8 Å². The first-order valence-electron chi connectivity index (χ1n) is 6.40. The van der Waals surface area contributed by atoms with Crippen molar-refractivity contribution in [2.24, 2.45) is 5.92 Å². The molecule has 0 aliphatic carbocycles. The average molecular weight is 316 g/mol. The van der Waals surface area contributed by atoms with E-state index in [0.717, 1.165) is 12.3 Å². The normalized spacial score (nSPS) is 23.9. The molecule has 3 N–H and O–H groups in total. The standard InChI is InChI=1S/C12H16N2O6S/c1-7-4-8(11(15)16)2-3-14(7)21(19,20)9-5-10(12(17)18)13-6-9/h5-8,13H,2-4H2,1H3,(H,15,16)(H,17,18)/t7-,8-/m1/s1. The molecule has 21 heavy (non-hydrogen) atoms. The van der Waals surface area contributed by atoms with Gasteiger partial charge in [0.1, 0.15) is 10.6 Å². The molecule has 1 fully saturated rings. The molecule has 1 aliphatic rings. The monoisotopic (exact) mass is 316 g/mol. The number of rotatable bonds is 4. The lowest BCUT2D eigenvalue weighted by molar-refractivity contribution is -0.143. The summed E-state index contributed by atoms with van der Waals surface area (Å²) in [6.45, 7) is 1.76. The van der Waals surface area contributed by atoms with Crippen molar-refractivity contribution in [3.8, 4) is 0 Å². The Bertz CT molecular complexity index is 665. The van der Waals surface area contributed by atoms with Crippen molar-refractivity contribution in [1.82, 2.24) is 9.29 Å². The zero-order chi connectivity index (χ0) is 15.8. The van der Waals surface area contributed by atoms with Crippen molar-refractivity contribution in [2.75, 3.05) is 6.54 Å². The fraction of sp³-hybridized carbons (Fsp3) is 0.500. The van der Waals surface area contributed by atoms with Gasteiger partial charge in [-0.2, -0.15) is 4.31 Å². The zero-order valence-electron chi connectivity index (χ0n) is 11.3.